The highest BCUT2D eigenvalue weighted by atomic mass is 79.9. The lowest BCUT2D eigenvalue weighted by molar-refractivity contribution is -0.0530. The van der Waals surface area contributed by atoms with Crippen LogP contribution >= 0.6 is 15.9 Å². The van der Waals surface area contributed by atoms with Crippen LogP contribution in [0.5, 0.6) is 11.8 Å². The van der Waals surface area contributed by atoms with E-state index in [9.17, 15) is 8.78 Å². The van der Waals surface area contributed by atoms with Gasteiger partial charge in [-0.05, 0) is 22.0 Å². The molecule has 0 saturated carbocycles. The van der Waals surface area contributed by atoms with Gasteiger partial charge >= 0.3 is 6.61 Å². The Morgan fingerprint density at radius 2 is 2.15 bits per heavy atom. The molecule has 0 aliphatic heterocycles. The van der Waals surface area contributed by atoms with E-state index in [4.69, 9.17) is 4.74 Å². The summed E-state index contributed by atoms with van der Waals surface area (Å²) < 4.78 is 32.9. The molecule has 72 valence electrons. The minimum absolute atomic E-state index is 0.171. The normalized spacial score (nSPS) is 10.2. The summed E-state index contributed by atoms with van der Waals surface area (Å²) >= 11 is 3.13. The highest BCUT2D eigenvalue weighted by Gasteiger charge is 2.08. The highest BCUT2D eigenvalue weighted by molar-refractivity contribution is 9.10. The second-order valence-corrected chi connectivity index (χ2v) is 2.87. The van der Waals surface area contributed by atoms with Crippen LogP contribution < -0.4 is 9.47 Å². The van der Waals surface area contributed by atoms with E-state index >= 15 is 0 Å². The van der Waals surface area contributed by atoms with Gasteiger partial charge in [-0.1, -0.05) is 0 Å². The maximum absolute atomic E-state index is 11.7. The Morgan fingerprint density at radius 1 is 1.46 bits per heavy atom. The van der Waals surface area contributed by atoms with Gasteiger partial charge in [0, 0.05) is 6.07 Å². The number of methoxy groups -OCH3 is 1. The molecule has 1 aromatic rings. The SMILES string of the molecule is COc1nc(OC(F)F)ccc1Br. The Balaban J connectivity index is 2.86. The first-order valence-electron chi connectivity index (χ1n) is 3.29. The Kier molecular flexibility index (Phi) is 3.41. The second-order valence-electron chi connectivity index (χ2n) is 2.02. The van der Waals surface area contributed by atoms with Crippen molar-refractivity contribution in [3.63, 3.8) is 0 Å². The predicted molar refractivity (Wildman–Crippen MR) is 45.1 cm³/mol. The first-order valence-corrected chi connectivity index (χ1v) is 4.08. The second kappa shape index (κ2) is 4.36. The molecule has 3 nitrogen and oxygen atoms in total. The molecule has 0 aliphatic carbocycles. The van der Waals surface area contributed by atoms with Crippen molar-refractivity contribution in [2.45, 2.75) is 6.61 Å². The number of pyridine rings is 1. The van der Waals surface area contributed by atoms with Crippen LogP contribution in [0.3, 0.4) is 0 Å². The Bertz CT molecular complexity index is 296. The van der Waals surface area contributed by atoms with E-state index in [0.29, 0.717) is 4.47 Å². The van der Waals surface area contributed by atoms with Gasteiger partial charge in [0.1, 0.15) is 0 Å². The highest BCUT2D eigenvalue weighted by Crippen LogP contribution is 2.25. The molecule has 0 amide bonds. The van der Waals surface area contributed by atoms with Crippen molar-refractivity contribution in [1.82, 2.24) is 4.98 Å². The summed E-state index contributed by atoms with van der Waals surface area (Å²) in [5.74, 6) is 0.0354. The predicted octanol–water partition coefficient (Wildman–Crippen LogP) is 2.45. The summed E-state index contributed by atoms with van der Waals surface area (Å²) in [5.41, 5.74) is 0. The number of hydrogen-bond donors (Lipinski definition) is 0. The number of alkyl halides is 2. The largest absolute Gasteiger partial charge is 0.480 e. The number of halogens is 3. The van der Waals surface area contributed by atoms with Crippen molar-refractivity contribution >= 4 is 15.9 Å². The van der Waals surface area contributed by atoms with Gasteiger partial charge < -0.3 is 9.47 Å². The van der Waals surface area contributed by atoms with Gasteiger partial charge in [-0.15, -0.1) is 0 Å². The van der Waals surface area contributed by atoms with Crippen molar-refractivity contribution < 1.29 is 18.3 Å². The summed E-state index contributed by atoms with van der Waals surface area (Å²) in [6.07, 6.45) is 0. The zero-order valence-electron chi connectivity index (χ0n) is 6.63. The van der Waals surface area contributed by atoms with Crippen LogP contribution in [-0.2, 0) is 0 Å². The van der Waals surface area contributed by atoms with Gasteiger partial charge in [-0.2, -0.15) is 13.8 Å². The number of rotatable bonds is 3. The van der Waals surface area contributed by atoms with Gasteiger partial charge in [0.2, 0.25) is 11.8 Å². The van der Waals surface area contributed by atoms with E-state index in [1.165, 1.54) is 19.2 Å². The van der Waals surface area contributed by atoms with Crippen LogP contribution in [0.1, 0.15) is 0 Å². The number of aromatic nitrogens is 1. The minimum Gasteiger partial charge on any atom is -0.480 e. The fraction of sp³-hybridized carbons (Fsp3) is 0.286. The van der Waals surface area contributed by atoms with Gasteiger partial charge in [0.25, 0.3) is 0 Å². The standard InChI is InChI=1S/C7H6BrF2NO2/c1-12-6-4(8)2-3-5(11-6)13-7(9)10/h2-3,7H,1H3. The van der Waals surface area contributed by atoms with Crippen molar-refractivity contribution in [1.29, 1.82) is 0 Å². The summed E-state index contributed by atoms with van der Waals surface area (Å²) in [6.45, 7) is -2.88. The molecule has 1 rings (SSSR count). The lowest BCUT2D eigenvalue weighted by Gasteiger charge is -2.05. The molecular formula is C7H6BrF2NO2. The number of hydrogen-bond acceptors (Lipinski definition) is 3. The summed E-state index contributed by atoms with van der Waals surface area (Å²) in [4.78, 5) is 3.66. The van der Waals surface area contributed by atoms with E-state index in [0.717, 1.165) is 0 Å². The maximum Gasteiger partial charge on any atom is 0.388 e. The Morgan fingerprint density at radius 3 is 2.69 bits per heavy atom. The van der Waals surface area contributed by atoms with Crippen molar-refractivity contribution in [2.24, 2.45) is 0 Å². The maximum atomic E-state index is 11.7. The van der Waals surface area contributed by atoms with Crippen LogP contribution in [-0.4, -0.2) is 18.7 Å². The minimum atomic E-state index is -2.88. The number of ether oxygens (including phenoxy) is 2. The smallest absolute Gasteiger partial charge is 0.388 e. The van der Waals surface area contributed by atoms with Crippen molar-refractivity contribution in [3.8, 4) is 11.8 Å². The molecule has 0 saturated heterocycles. The van der Waals surface area contributed by atoms with Crippen LogP contribution in [0.2, 0.25) is 0 Å². The number of nitrogens with zero attached hydrogens (tertiary/aromatic N) is 1. The van der Waals surface area contributed by atoms with Crippen LogP contribution in [0.4, 0.5) is 8.78 Å². The summed E-state index contributed by atoms with van der Waals surface area (Å²) in [7, 11) is 1.39. The molecule has 0 spiro atoms. The topological polar surface area (TPSA) is 31.4 Å². The van der Waals surface area contributed by atoms with E-state index < -0.39 is 6.61 Å². The zero-order chi connectivity index (χ0) is 9.84. The molecule has 0 N–H and O–H groups in total. The Labute approximate surface area is 81.8 Å². The van der Waals surface area contributed by atoms with Gasteiger partial charge in [0.05, 0.1) is 11.6 Å². The molecule has 0 radical (unpaired) electrons. The monoisotopic (exact) mass is 253 g/mol. The van der Waals surface area contributed by atoms with E-state index in [1.54, 1.807) is 0 Å². The third-order valence-electron chi connectivity index (χ3n) is 1.19. The summed E-state index contributed by atoms with van der Waals surface area (Å²) in [6, 6.07) is 2.84. The van der Waals surface area contributed by atoms with Crippen molar-refractivity contribution in [2.75, 3.05) is 7.11 Å². The van der Waals surface area contributed by atoms with Crippen LogP contribution in [0, 0.1) is 0 Å². The third kappa shape index (κ3) is 2.80. The van der Waals surface area contributed by atoms with Gasteiger partial charge in [-0.3, -0.25) is 0 Å². The molecule has 0 atom stereocenters. The van der Waals surface area contributed by atoms with Crippen molar-refractivity contribution in [3.05, 3.63) is 16.6 Å². The summed E-state index contributed by atoms with van der Waals surface area (Å²) in [5, 5.41) is 0. The average molecular weight is 254 g/mol. The van der Waals surface area contributed by atoms with Crippen LogP contribution in [0.15, 0.2) is 16.6 Å². The van der Waals surface area contributed by atoms with Gasteiger partial charge in [0.15, 0.2) is 0 Å². The molecule has 0 bridgehead atoms. The molecule has 13 heavy (non-hydrogen) atoms. The van der Waals surface area contributed by atoms with Crippen LogP contribution in [0.25, 0.3) is 0 Å². The molecule has 0 aromatic carbocycles. The zero-order valence-corrected chi connectivity index (χ0v) is 8.22. The fourth-order valence-electron chi connectivity index (χ4n) is 0.707. The van der Waals surface area contributed by atoms with E-state index in [-0.39, 0.29) is 11.8 Å². The third-order valence-corrected chi connectivity index (χ3v) is 1.79. The molecule has 0 unspecified atom stereocenters. The lowest BCUT2D eigenvalue weighted by atomic mass is 10.5. The van der Waals surface area contributed by atoms with E-state index in [1.807, 2.05) is 0 Å². The fourth-order valence-corrected chi connectivity index (χ4v) is 1.09. The molecule has 1 aromatic heterocycles. The van der Waals surface area contributed by atoms with Gasteiger partial charge in [-0.25, -0.2) is 0 Å². The first kappa shape index (κ1) is 10.2. The molecule has 0 aliphatic rings. The first-order chi connectivity index (χ1) is 6.13. The molecule has 0 fully saturated rings. The molecule has 1 heterocycles. The molecule has 6 heteroatoms. The lowest BCUT2D eigenvalue weighted by Crippen LogP contribution is -2.04. The average Bonchev–Trinajstić information content (AvgIpc) is 2.07. The Hall–Kier alpha value is -0.910. The van der Waals surface area contributed by atoms with E-state index in [2.05, 4.69) is 25.7 Å². The quantitative estimate of drug-likeness (QED) is 0.830. The molecular weight excluding hydrogens is 248 g/mol.